The molecule has 1 aromatic rings. The molecule has 114 valence electrons. The summed E-state index contributed by atoms with van der Waals surface area (Å²) in [5.41, 5.74) is 3.28. The first-order valence-corrected chi connectivity index (χ1v) is 7.54. The predicted molar refractivity (Wildman–Crippen MR) is 99.7 cm³/mol. The van der Waals surface area contributed by atoms with Crippen LogP contribution >= 0.6 is 0 Å². The van der Waals surface area contributed by atoms with Crippen molar-refractivity contribution in [1.29, 1.82) is 0 Å². The number of allylic oxidation sites excluding steroid dienone is 9. The lowest BCUT2D eigenvalue weighted by Crippen LogP contribution is -2.19. The second-order valence-corrected chi connectivity index (χ2v) is 4.62. The highest BCUT2D eigenvalue weighted by molar-refractivity contribution is 5.63. The lowest BCUT2D eigenvalue weighted by atomic mass is 10.2. The van der Waals surface area contributed by atoms with Crippen molar-refractivity contribution in [2.75, 3.05) is 4.90 Å². The SMILES string of the molecule is C=C/C=C(\C=C/C)N(C(/C=C\C)=C/C=C\C)c1ccccc1. The summed E-state index contributed by atoms with van der Waals surface area (Å²) in [5.74, 6) is 0. The number of nitrogens with zero attached hydrogens (tertiary/aromatic N) is 1. The molecule has 0 radical (unpaired) electrons. The lowest BCUT2D eigenvalue weighted by Gasteiger charge is -2.27. The molecule has 0 fully saturated rings. The van der Waals surface area contributed by atoms with Gasteiger partial charge < -0.3 is 4.90 Å². The Bertz CT molecular complexity index is 598. The fourth-order valence-electron chi connectivity index (χ4n) is 2.09. The molecule has 0 N–H and O–H groups in total. The molecule has 0 heterocycles. The predicted octanol–water partition coefficient (Wildman–Crippen LogP) is 6.18. The Balaban J connectivity index is 3.50. The summed E-state index contributed by atoms with van der Waals surface area (Å²) in [6.07, 6.45) is 18.3. The normalized spacial score (nSPS) is 13.4. The van der Waals surface area contributed by atoms with E-state index in [1.807, 2.05) is 75.4 Å². The Labute approximate surface area is 135 Å². The molecule has 0 unspecified atom stereocenters. The minimum atomic E-state index is 1.07. The van der Waals surface area contributed by atoms with Crippen molar-refractivity contribution in [1.82, 2.24) is 0 Å². The van der Waals surface area contributed by atoms with Gasteiger partial charge >= 0.3 is 0 Å². The molecule has 0 saturated heterocycles. The van der Waals surface area contributed by atoms with Gasteiger partial charge in [0.15, 0.2) is 0 Å². The second-order valence-electron chi connectivity index (χ2n) is 4.62. The number of anilines is 1. The van der Waals surface area contributed by atoms with Gasteiger partial charge in [0.1, 0.15) is 0 Å². The molecule has 0 saturated carbocycles. The first-order chi connectivity index (χ1) is 10.8. The average Bonchev–Trinajstić information content (AvgIpc) is 2.54. The van der Waals surface area contributed by atoms with Gasteiger partial charge in [-0.3, -0.25) is 0 Å². The first kappa shape index (κ1) is 17.5. The lowest BCUT2D eigenvalue weighted by molar-refractivity contribution is 1.14. The Morgan fingerprint density at radius 1 is 0.864 bits per heavy atom. The van der Waals surface area contributed by atoms with E-state index < -0.39 is 0 Å². The van der Waals surface area contributed by atoms with Crippen LogP contribution in [0.15, 0.2) is 103 Å². The molecule has 0 amide bonds. The maximum Gasteiger partial charge on any atom is 0.0461 e. The van der Waals surface area contributed by atoms with Crippen molar-refractivity contribution >= 4 is 5.69 Å². The molecular weight excluding hydrogens is 266 g/mol. The highest BCUT2D eigenvalue weighted by Crippen LogP contribution is 2.26. The largest absolute Gasteiger partial charge is 0.311 e. The number of para-hydroxylation sites is 1. The molecular formula is C21H25N. The number of rotatable bonds is 7. The van der Waals surface area contributed by atoms with Crippen LogP contribution in [0.4, 0.5) is 5.69 Å². The third kappa shape index (κ3) is 5.10. The number of hydrogen-bond donors (Lipinski definition) is 0. The van der Waals surface area contributed by atoms with Crippen LogP contribution in [0.25, 0.3) is 0 Å². The minimum absolute atomic E-state index is 1.07. The van der Waals surface area contributed by atoms with Crippen LogP contribution in [0.5, 0.6) is 0 Å². The minimum Gasteiger partial charge on any atom is -0.311 e. The molecule has 1 rings (SSSR count). The maximum absolute atomic E-state index is 3.84. The molecule has 0 aliphatic carbocycles. The Morgan fingerprint density at radius 2 is 1.45 bits per heavy atom. The zero-order valence-corrected chi connectivity index (χ0v) is 13.7. The summed E-state index contributed by atoms with van der Waals surface area (Å²) in [7, 11) is 0. The summed E-state index contributed by atoms with van der Waals surface area (Å²) in [6.45, 7) is 9.90. The van der Waals surface area contributed by atoms with Gasteiger partial charge in [0, 0.05) is 17.1 Å². The van der Waals surface area contributed by atoms with Crippen molar-refractivity contribution < 1.29 is 0 Å². The highest BCUT2D eigenvalue weighted by Gasteiger charge is 2.12. The van der Waals surface area contributed by atoms with Gasteiger partial charge in [0.2, 0.25) is 0 Å². The standard InChI is InChI=1S/C21H25N/c1-5-9-16-20(15-8-4)22(19(13-6-2)14-7-3)21-17-11-10-12-18-21/h5-18H,2H2,1,3-4H3/b9-5-,14-7-,15-8-,19-13+,20-16+. The third-order valence-electron chi connectivity index (χ3n) is 2.95. The summed E-state index contributed by atoms with van der Waals surface area (Å²) in [4.78, 5) is 2.21. The molecule has 0 aliphatic rings. The highest BCUT2D eigenvalue weighted by atomic mass is 15.1. The maximum atomic E-state index is 3.84. The van der Waals surface area contributed by atoms with Crippen LogP contribution in [0, 0.1) is 0 Å². The van der Waals surface area contributed by atoms with Crippen LogP contribution in [0.1, 0.15) is 20.8 Å². The van der Waals surface area contributed by atoms with E-state index in [1.54, 1.807) is 0 Å². The molecule has 0 aliphatic heterocycles. The molecule has 1 nitrogen and oxygen atoms in total. The number of hydrogen-bond acceptors (Lipinski definition) is 1. The van der Waals surface area contributed by atoms with Gasteiger partial charge in [-0.2, -0.15) is 0 Å². The monoisotopic (exact) mass is 291 g/mol. The van der Waals surface area contributed by atoms with Gasteiger partial charge in [-0.05, 0) is 57.2 Å². The Kier molecular flexibility index (Phi) is 8.14. The summed E-state index contributed by atoms with van der Waals surface area (Å²) >= 11 is 0. The molecule has 22 heavy (non-hydrogen) atoms. The van der Waals surface area contributed by atoms with Gasteiger partial charge in [-0.1, -0.05) is 55.2 Å². The Hall–Kier alpha value is -2.54. The average molecular weight is 291 g/mol. The van der Waals surface area contributed by atoms with Crippen LogP contribution in [-0.2, 0) is 0 Å². The Morgan fingerprint density at radius 3 is 1.95 bits per heavy atom. The van der Waals surface area contributed by atoms with Crippen molar-refractivity contribution in [2.45, 2.75) is 20.8 Å². The van der Waals surface area contributed by atoms with Crippen molar-refractivity contribution in [3.63, 3.8) is 0 Å². The van der Waals surface area contributed by atoms with Crippen LogP contribution in [0.2, 0.25) is 0 Å². The first-order valence-electron chi connectivity index (χ1n) is 7.54. The topological polar surface area (TPSA) is 3.24 Å². The fraction of sp³-hybridized carbons (Fsp3) is 0.143. The molecule has 0 atom stereocenters. The van der Waals surface area contributed by atoms with E-state index in [0.717, 1.165) is 17.1 Å². The molecule has 1 heteroatoms. The summed E-state index contributed by atoms with van der Waals surface area (Å²) in [6, 6.07) is 10.3. The molecule has 0 bridgehead atoms. The van der Waals surface area contributed by atoms with E-state index in [1.165, 1.54) is 0 Å². The quantitative estimate of drug-likeness (QED) is 0.542. The molecule has 0 spiro atoms. The van der Waals surface area contributed by atoms with Crippen LogP contribution < -0.4 is 4.90 Å². The van der Waals surface area contributed by atoms with Crippen LogP contribution in [-0.4, -0.2) is 0 Å². The van der Waals surface area contributed by atoms with Crippen molar-refractivity contribution in [3.8, 4) is 0 Å². The smallest absolute Gasteiger partial charge is 0.0461 e. The van der Waals surface area contributed by atoms with Gasteiger partial charge in [0.25, 0.3) is 0 Å². The van der Waals surface area contributed by atoms with E-state index in [0.29, 0.717) is 0 Å². The van der Waals surface area contributed by atoms with Gasteiger partial charge in [-0.15, -0.1) is 0 Å². The van der Waals surface area contributed by atoms with E-state index in [-0.39, 0.29) is 0 Å². The zero-order valence-electron chi connectivity index (χ0n) is 13.7. The van der Waals surface area contributed by atoms with E-state index in [2.05, 4.69) is 41.8 Å². The zero-order chi connectivity index (χ0) is 16.2. The van der Waals surface area contributed by atoms with E-state index in [4.69, 9.17) is 0 Å². The second kappa shape index (κ2) is 10.2. The number of benzene rings is 1. The van der Waals surface area contributed by atoms with Gasteiger partial charge in [0.05, 0.1) is 0 Å². The molecule has 0 aromatic heterocycles. The van der Waals surface area contributed by atoms with E-state index >= 15 is 0 Å². The molecule has 1 aromatic carbocycles. The van der Waals surface area contributed by atoms with Gasteiger partial charge in [-0.25, -0.2) is 0 Å². The van der Waals surface area contributed by atoms with Crippen molar-refractivity contribution in [2.24, 2.45) is 0 Å². The van der Waals surface area contributed by atoms with E-state index in [9.17, 15) is 0 Å². The summed E-state index contributed by atoms with van der Waals surface area (Å²) < 4.78 is 0. The third-order valence-corrected chi connectivity index (χ3v) is 2.95. The summed E-state index contributed by atoms with van der Waals surface area (Å²) in [5, 5.41) is 0. The van der Waals surface area contributed by atoms with Crippen LogP contribution in [0.3, 0.4) is 0 Å². The van der Waals surface area contributed by atoms with Crippen molar-refractivity contribution in [3.05, 3.63) is 103 Å². The fourth-order valence-corrected chi connectivity index (χ4v) is 2.09.